The topological polar surface area (TPSA) is 92.4 Å². The summed E-state index contributed by atoms with van der Waals surface area (Å²) in [6.07, 6.45) is 2.25. The smallest absolute Gasteiger partial charge is 0.254 e. The normalized spacial score (nSPS) is 16.4. The number of nitrogens with two attached hydrogens (primary N) is 1. The first kappa shape index (κ1) is 18.8. The summed E-state index contributed by atoms with van der Waals surface area (Å²) in [5.74, 6) is 0.0569. The molecule has 1 atom stereocenters. The van der Waals surface area contributed by atoms with Gasteiger partial charge in [-0.1, -0.05) is 19.1 Å². The maximum Gasteiger partial charge on any atom is 0.254 e. The summed E-state index contributed by atoms with van der Waals surface area (Å²) < 4.78 is 0. The molecule has 0 aliphatic carbocycles. The van der Waals surface area contributed by atoms with Gasteiger partial charge in [0.15, 0.2) is 0 Å². The molecule has 1 unspecified atom stereocenters. The second-order valence-electron chi connectivity index (χ2n) is 6.93. The van der Waals surface area contributed by atoms with Crippen LogP contribution in [-0.2, 0) is 11.2 Å². The average molecular weight is 367 g/mol. The molecule has 1 aliphatic rings. The van der Waals surface area contributed by atoms with Gasteiger partial charge in [0.2, 0.25) is 11.9 Å². The Balaban J connectivity index is 1.86. The van der Waals surface area contributed by atoms with E-state index in [1.807, 2.05) is 37.2 Å². The van der Waals surface area contributed by atoms with Crippen molar-refractivity contribution in [3.63, 3.8) is 0 Å². The second kappa shape index (κ2) is 7.73. The maximum atomic E-state index is 12.7. The highest BCUT2D eigenvalue weighted by molar-refractivity contribution is 5.98. The molecule has 1 aromatic heterocycles. The van der Waals surface area contributed by atoms with Crippen LogP contribution in [0.15, 0.2) is 30.3 Å². The van der Waals surface area contributed by atoms with Crippen molar-refractivity contribution in [2.75, 3.05) is 25.5 Å². The monoisotopic (exact) mass is 367 g/mol. The molecular weight excluding hydrogens is 342 g/mol. The zero-order chi connectivity index (χ0) is 19.6. The van der Waals surface area contributed by atoms with E-state index in [0.717, 1.165) is 29.8 Å². The van der Waals surface area contributed by atoms with Gasteiger partial charge >= 0.3 is 0 Å². The number of aryl methyl sites for hydroxylation is 1. The summed E-state index contributed by atoms with van der Waals surface area (Å²) >= 11 is 0. The first-order chi connectivity index (χ1) is 12.9. The van der Waals surface area contributed by atoms with Gasteiger partial charge in [0, 0.05) is 37.5 Å². The van der Waals surface area contributed by atoms with Gasteiger partial charge in [-0.25, -0.2) is 9.97 Å². The van der Waals surface area contributed by atoms with Crippen LogP contribution in [0.5, 0.6) is 0 Å². The molecule has 0 spiro atoms. The SMILES string of the molecule is CCc1cc(-c2ccc(C(=O)N3CCCC3C(N)=O)cc2)nc(N(C)C)n1. The van der Waals surface area contributed by atoms with Crippen LogP contribution in [0.4, 0.5) is 5.95 Å². The first-order valence-corrected chi connectivity index (χ1v) is 9.16. The van der Waals surface area contributed by atoms with Crippen molar-refractivity contribution < 1.29 is 9.59 Å². The number of nitrogens with zero attached hydrogens (tertiary/aromatic N) is 4. The number of rotatable bonds is 5. The molecular formula is C20H25N5O2. The van der Waals surface area contributed by atoms with Gasteiger partial charge in [0.05, 0.1) is 5.69 Å². The summed E-state index contributed by atoms with van der Waals surface area (Å²) in [5, 5.41) is 0. The lowest BCUT2D eigenvalue weighted by molar-refractivity contribution is -0.121. The van der Waals surface area contributed by atoms with Crippen molar-refractivity contribution in [2.24, 2.45) is 5.73 Å². The number of aromatic nitrogens is 2. The third-order valence-corrected chi connectivity index (χ3v) is 4.80. The van der Waals surface area contributed by atoms with Crippen LogP contribution in [0.25, 0.3) is 11.3 Å². The second-order valence-corrected chi connectivity index (χ2v) is 6.93. The minimum absolute atomic E-state index is 0.159. The van der Waals surface area contributed by atoms with Crippen LogP contribution >= 0.6 is 0 Å². The van der Waals surface area contributed by atoms with Crippen molar-refractivity contribution in [1.29, 1.82) is 0 Å². The molecule has 2 amide bonds. The van der Waals surface area contributed by atoms with Gasteiger partial charge in [-0.2, -0.15) is 0 Å². The highest BCUT2D eigenvalue weighted by Crippen LogP contribution is 2.24. The molecule has 7 nitrogen and oxygen atoms in total. The van der Waals surface area contributed by atoms with E-state index >= 15 is 0 Å². The molecule has 142 valence electrons. The zero-order valence-electron chi connectivity index (χ0n) is 16.0. The van der Waals surface area contributed by atoms with E-state index < -0.39 is 11.9 Å². The fourth-order valence-corrected chi connectivity index (χ4v) is 3.27. The minimum Gasteiger partial charge on any atom is -0.368 e. The van der Waals surface area contributed by atoms with E-state index in [9.17, 15) is 9.59 Å². The highest BCUT2D eigenvalue weighted by atomic mass is 16.2. The van der Waals surface area contributed by atoms with Crippen LogP contribution in [0, 0.1) is 0 Å². The van der Waals surface area contributed by atoms with Crippen LogP contribution in [0.3, 0.4) is 0 Å². The Morgan fingerprint density at radius 1 is 1.22 bits per heavy atom. The highest BCUT2D eigenvalue weighted by Gasteiger charge is 2.33. The molecule has 1 aliphatic heterocycles. The van der Waals surface area contributed by atoms with Gasteiger partial charge in [0.25, 0.3) is 5.91 Å². The van der Waals surface area contributed by atoms with Crippen LogP contribution in [-0.4, -0.2) is 53.4 Å². The Morgan fingerprint density at radius 3 is 2.52 bits per heavy atom. The van der Waals surface area contributed by atoms with Crippen molar-refractivity contribution in [3.05, 3.63) is 41.6 Å². The summed E-state index contributed by atoms with van der Waals surface area (Å²) in [7, 11) is 3.82. The van der Waals surface area contributed by atoms with Gasteiger partial charge in [0.1, 0.15) is 6.04 Å². The van der Waals surface area contributed by atoms with E-state index in [1.54, 1.807) is 17.0 Å². The standard InChI is InChI=1S/C20H25N5O2/c1-4-15-12-16(23-20(22-15)24(2)3)13-7-9-14(10-8-13)19(27)25-11-5-6-17(25)18(21)26/h7-10,12,17H,4-6,11H2,1-3H3,(H2,21,26). The number of carbonyl (C=O) groups excluding carboxylic acids is 2. The molecule has 0 saturated carbocycles. The average Bonchev–Trinajstić information content (AvgIpc) is 3.17. The third-order valence-electron chi connectivity index (χ3n) is 4.80. The molecule has 1 fully saturated rings. The molecule has 0 radical (unpaired) electrons. The van der Waals surface area contributed by atoms with Gasteiger partial charge in [-0.05, 0) is 37.5 Å². The zero-order valence-corrected chi connectivity index (χ0v) is 16.0. The van der Waals surface area contributed by atoms with E-state index in [1.165, 1.54) is 0 Å². The van der Waals surface area contributed by atoms with Crippen molar-refractivity contribution in [3.8, 4) is 11.3 Å². The Bertz CT molecular complexity index is 848. The third kappa shape index (κ3) is 3.92. The minimum atomic E-state index is -0.506. The maximum absolute atomic E-state index is 12.7. The summed E-state index contributed by atoms with van der Waals surface area (Å²) in [6.45, 7) is 2.62. The van der Waals surface area contributed by atoms with Gasteiger partial charge in [-0.3, -0.25) is 9.59 Å². The lowest BCUT2D eigenvalue weighted by atomic mass is 10.1. The Labute approximate surface area is 159 Å². The number of likely N-dealkylation sites (tertiary alicyclic amines) is 1. The summed E-state index contributed by atoms with van der Waals surface area (Å²) in [6, 6.07) is 8.77. The summed E-state index contributed by atoms with van der Waals surface area (Å²) in [4.78, 5) is 36.8. The van der Waals surface area contributed by atoms with Crippen LogP contribution < -0.4 is 10.6 Å². The molecule has 2 aromatic rings. The number of hydrogen-bond donors (Lipinski definition) is 1. The molecule has 27 heavy (non-hydrogen) atoms. The number of amides is 2. The fourth-order valence-electron chi connectivity index (χ4n) is 3.27. The molecule has 0 bridgehead atoms. The lowest BCUT2D eigenvalue weighted by Crippen LogP contribution is -2.43. The Morgan fingerprint density at radius 2 is 1.93 bits per heavy atom. The van der Waals surface area contributed by atoms with Gasteiger partial charge < -0.3 is 15.5 Å². The number of primary amides is 1. The number of anilines is 1. The van der Waals surface area contributed by atoms with Crippen molar-refractivity contribution in [2.45, 2.75) is 32.2 Å². The predicted octanol–water partition coefficient (Wildman–Crippen LogP) is 1.86. The largest absolute Gasteiger partial charge is 0.368 e. The van der Waals surface area contributed by atoms with Crippen LogP contribution in [0.2, 0.25) is 0 Å². The molecule has 1 aromatic carbocycles. The Kier molecular flexibility index (Phi) is 5.39. The first-order valence-electron chi connectivity index (χ1n) is 9.16. The van der Waals surface area contributed by atoms with Crippen molar-refractivity contribution >= 4 is 17.8 Å². The van der Waals surface area contributed by atoms with E-state index in [2.05, 4.69) is 16.9 Å². The predicted molar refractivity (Wildman–Crippen MR) is 104 cm³/mol. The number of carbonyl (C=O) groups is 2. The van der Waals surface area contributed by atoms with Crippen LogP contribution in [0.1, 0.15) is 35.8 Å². The molecule has 7 heteroatoms. The van der Waals surface area contributed by atoms with Gasteiger partial charge in [-0.15, -0.1) is 0 Å². The molecule has 2 N–H and O–H groups in total. The molecule has 2 heterocycles. The fraction of sp³-hybridized carbons (Fsp3) is 0.400. The van der Waals surface area contributed by atoms with E-state index in [4.69, 9.17) is 5.73 Å². The Hall–Kier alpha value is -2.96. The molecule has 1 saturated heterocycles. The van der Waals surface area contributed by atoms with Crippen molar-refractivity contribution in [1.82, 2.24) is 14.9 Å². The molecule has 3 rings (SSSR count). The lowest BCUT2D eigenvalue weighted by Gasteiger charge is -2.22. The summed E-state index contributed by atoms with van der Waals surface area (Å²) in [5.41, 5.74) is 8.66. The van der Waals surface area contributed by atoms with E-state index in [0.29, 0.717) is 24.5 Å². The number of benzene rings is 1. The quantitative estimate of drug-likeness (QED) is 0.871. The number of hydrogen-bond acceptors (Lipinski definition) is 5. The van der Waals surface area contributed by atoms with E-state index in [-0.39, 0.29) is 5.91 Å².